The molecule has 1 aliphatic heterocycles. The van der Waals surface area contributed by atoms with Gasteiger partial charge in [0.05, 0.1) is 21.2 Å². The molecular weight excluding hydrogens is 416 g/mol. The Morgan fingerprint density at radius 1 is 1.00 bits per heavy atom. The highest BCUT2D eigenvalue weighted by Gasteiger charge is 2.33. The van der Waals surface area contributed by atoms with Gasteiger partial charge in [-0.2, -0.15) is 0 Å². The number of halogens is 1. The summed E-state index contributed by atoms with van der Waals surface area (Å²) in [5, 5.41) is 0.151. The van der Waals surface area contributed by atoms with Gasteiger partial charge in [0.15, 0.2) is 21.4 Å². The number of hydrogen-bond donors (Lipinski definition) is 0. The summed E-state index contributed by atoms with van der Waals surface area (Å²) in [5.74, 6) is -0.602. The third-order valence-corrected chi connectivity index (χ3v) is 8.37. The monoisotopic (exact) mass is 432 g/mol. The van der Waals surface area contributed by atoms with Crippen LogP contribution in [0.3, 0.4) is 0 Å². The van der Waals surface area contributed by atoms with Crippen LogP contribution in [0.1, 0.15) is 35.2 Å². The van der Waals surface area contributed by atoms with Crippen LogP contribution in [-0.4, -0.2) is 25.7 Å². The SMILES string of the molecule is O=C1CCCC(Sc2ccccc2)=C1C(=O)c1ccc2c(c1Cl)CCS2(=O)=O. The van der Waals surface area contributed by atoms with E-state index in [9.17, 15) is 18.0 Å². The molecule has 2 aliphatic rings. The quantitative estimate of drug-likeness (QED) is 0.519. The number of carbonyl (C=O) groups is 2. The molecule has 0 saturated carbocycles. The van der Waals surface area contributed by atoms with Crippen LogP contribution < -0.4 is 0 Å². The Kier molecular flexibility index (Phi) is 5.21. The summed E-state index contributed by atoms with van der Waals surface area (Å²) >= 11 is 7.85. The number of benzene rings is 2. The van der Waals surface area contributed by atoms with Gasteiger partial charge >= 0.3 is 0 Å². The van der Waals surface area contributed by atoms with E-state index in [1.807, 2.05) is 30.3 Å². The third-order valence-electron chi connectivity index (χ3n) is 4.98. The van der Waals surface area contributed by atoms with E-state index >= 15 is 0 Å². The lowest BCUT2D eigenvalue weighted by Crippen LogP contribution is -2.19. The van der Waals surface area contributed by atoms with Crippen molar-refractivity contribution in [2.24, 2.45) is 0 Å². The third kappa shape index (κ3) is 3.45. The molecule has 0 spiro atoms. The van der Waals surface area contributed by atoms with Crippen LogP contribution in [0.2, 0.25) is 5.02 Å². The fraction of sp³-hybridized carbons (Fsp3) is 0.238. The number of allylic oxidation sites excluding steroid dienone is 2. The van der Waals surface area contributed by atoms with E-state index in [0.717, 1.165) is 9.80 Å². The van der Waals surface area contributed by atoms with E-state index in [4.69, 9.17) is 11.6 Å². The van der Waals surface area contributed by atoms with E-state index in [2.05, 4.69) is 0 Å². The van der Waals surface area contributed by atoms with E-state index in [1.165, 1.54) is 23.9 Å². The Bertz CT molecular complexity index is 1120. The molecular formula is C21H17ClO4S2. The topological polar surface area (TPSA) is 68.3 Å². The standard InChI is InChI=1S/C21H17ClO4S2/c22-20-14-11-12-28(25,26)18(14)10-9-15(20)21(24)19-16(23)7-4-8-17(19)27-13-5-2-1-3-6-13/h1-3,5-6,9-10H,4,7-8,11-12H2. The van der Waals surface area contributed by atoms with Gasteiger partial charge in [-0.15, -0.1) is 0 Å². The molecule has 28 heavy (non-hydrogen) atoms. The van der Waals surface area contributed by atoms with Gasteiger partial charge in [-0.05, 0) is 49.1 Å². The second kappa shape index (κ2) is 7.50. The molecule has 7 heteroatoms. The van der Waals surface area contributed by atoms with Crippen LogP contribution >= 0.6 is 23.4 Å². The number of Topliss-reactive ketones (excluding diaryl/α,β-unsaturated/α-hetero) is 2. The Morgan fingerprint density at radius 3 is 2.50 bits per heavy atom. The molecule has 0 atom stereocenters. The molecule has 0 N–H and O–H groups in total. The molecule has 4 rings (SSSR count). The second-order valence-electron chi connectivity index (χ2n) is 6.79. The molecule has 2 aromatic rings. The molecule has 0 aromatic heterocycles. The van der Waals surface area contributed by atoms with Crippen LogP contribution in [-0.2, 0) is 21.1 Å². The fourth-order valence-electron chi connectivity index (χ4n) is 3.59. The van der Waals surface area contributed by atoms with Crippen molar-refractivity contribution in [3.63, 3.8) is 0 Å². The van der Waals surface area contributed by atoms with Crippen molar-refractivity contribution < 1.29 is 18.0 Å². The summed E-state index contributed by atoms with van der Waals surface area (Å²) in [6.07, 6.45) is 1.98. The summed E-state index contributed by atoms with van der Waals surface area (Å²) < 4.78 is 24.2. The molecule has 2 aromatic carbocycles. The highest BCUT2D eigenvalue weighted by Crippen LogP contribution is 2.40. The lowest BCUT2D eigenvalue weighted by atomic mass is 9.91. The van der Waals surface area contributed by atoms with Crippen molar-refractivity contribution in [1.29, 1.82) is 0 Å². The lowest BCUT2D eigenvalue weighted by Gasteiger charge is -2.19. The Labute approximate surface area is 172 Å². The van der Waals surface area contributed by atoms with Crippen molar-refractivity contribution in [3.8, 4) is 0 Å². The number of rotatable bonds is 4. The lowest BCUT2D eigenvalue weighted by molar-refractivity contribution is -0.115. The minimum Gasteiger partial charge on any atom is -0.294 e. The van der Waals surface area contributed by atoms with E-state index in [-0.39, 0.29) is 39.0 Å². The van der Waals surface area contributed by atoms with Crippen LogP contribution in [0.15, 0.2) is 62.7 Å². The van der Waals surface area contributed by atoms with Gasteiger partial charge in [0.1, 0.15) is 0 Å². The van der Waals surface area contributed by atoms with E-state index in [0.29, 0.717) is 24.8 Å². The number of hydrogen-bond acceptors (Lipinski definition) is 5. The maximum Gasteiger partial charge on any atom is 0.198 e. The molecule has 0 saturated heterocycles. The molecule has 0 radical (unpaired) electrons. The van der Waals surface area contributed by atoms with Crippen LogP contribution in [0.5, 0.6) is 0 Å². The minimum atomic E-state index is -3.34. The average Bonchev–Trinajstić information content (AvgIpc) is 2.98. The highest BCUT2D eigenvalue weighted by atomic mass is 35.5. The first-order valence-corrected chi connectivity index (χ1v) is 11.8. The summed E-state index contributed by atoms with van der Waals surface area (Å²) in [6.45, 7) is 0. The fourth-order valence-corrected chi connectivity index (χ4v) is 6.67. The smallest absolute Gasteiger partial charge is 0.198 e. The summed E-state index contributed by atoms with van der Waals surface area (Å²) in [4.78, 5) is 27.8. The molecule has 4 nitrogen and oxygen atoms in total. The highest BCUT2D eigenvalue weighted by molar-refractivity contribution is 8.03. The predicted molar refractivity (Wildman–Crippen MR) is 110 cm³/mol. The molecule has 144 valence electrons. The maximum absolute atomic E-state index is 13.3. The van der Waals surface area contributed by atoms with E-state index < -0.39 is 15.6 Å². The van der Waals surface area contributed by atoms with Gasteiger partial charge in [0.25, 0.3) is 0 Å². The van der Waals surface area contributed by atoms with Gasteiger partial charge in [-0.3, -0.25) is 9.59 Å². The van der Waals surface area contributed by atoms with E-state index in [1.54, 1.807) is 0 Å². The average molecular weight is 433 g/mol. The molecule has 1 heterocycles. The van der Waals surface area contributed by atoms with Gasteiger partial charge in [0, 0.05) is 21.8 Å². The number of carbonyl (C=O) groups excluding carboxylic acids is 2. The van der Waals surface area contributed by atoms with Gasteiger partial charge in [-0.1, -0.05) is 41.6 Å². The predicted octanol–water partition coefficient (Wildman–Crippen LogP) is 4.65. The molecule has 1 aliphatic carbocycles. The molecule has 0 fully saturated rings. The second-order valence-corrected chi connectivity index (χ2v) is 10.4. The van der Waals surface area contributed by atoms with Crippen molar-refractivity contribution in [1.82, 2.24) is 0 Å². The largest absolute Gasteiger partial charge is 0.294 e. The van der Waals surface area contributed by atoms with Crippen molar-refractivity contribution in [2.75, 3.05) is 5.75 Å². The number of thioether (sulfide) groups is 1. The summed E-state index contributed by atoms with van der Waals surface area (Å²) in [6, 6.07) is 12.5. The molecule has 0 unspecified atom stereocenters. The van der Waals surface area contributed by atoms with Gasteiger partial charge in [-0.25, -0.2) is 8.42 Å². The Morgan fingerprint density at radius 2 is 1.75 bits per heavy atom. The number of fused-ring (bicyclic) bond motifs is 1. The van der Waals surface area contributed by atoms with Gasteiger partial charge < -0.3 is 0 Å². The zero-order valence-electron chi connectivity index (χ0n) is 14.9. The molecule has 0 bridgehead atoms. The number of ketones is 2. The Balaban J connectivity index is 1.78. The van der Waals surface area contributed by atoms with Crippen LogP contribution in [0, 0.1) is 0 Å². The van der Waals surface area contributed by atoms with Crippen LogP contribution in [0.25, 0.3) is 0 Å². The maximum atomic E-state index is 13.3. The van der Waals surface area contributed by atoms with Crippen molar-refractivity contribution >= 4 is 44.8 Å². The summed E-state index contributed by atoms with van der Waals surface area (Å²) in [7, 11) is -3.34. The summed E-state index contributed by atoms with van der Waals surface area (Å²) in [5.41, 5.74) is 0.866. The minimum absolute atomic E-state index is 0.00354. The molecule has 0 amide bonds. The van der Waals surface area contributed by atoms with Crippen molar-refractivity contribution in [2.45, 2.75) is 35.5 Å². The first-order chi connectivity index (χ1) is 13.4. The number of sulfone groups is 1. The van der Waals surface area contributed by atoms with Crippen LogP contribution in [0.4, 0.5) is 0 Å². The first kappa shape index (κ1) is 19.4. The Hall–Kier alpha value is -1.89. The van der Waals surface area contributed by atoms with Gasteiger partial charge in [0.2, 0.25) is 0 Å². The zero-order chi connectivity index (χ0) is 19.9. The van der Waals surface area contributed by atoms with Crippen molar-refractivity contribution in [3.05, 3.63) is 69.1 Å². The normalized spacial score (nSPS) is 18.2. The first-order valence-electron chi connectivity index (χ1n) is 8.96. The zero-order valence-corrected chi connectivity index (χ0v) is 17.3.